The number of carbonyl (C=O) groups excluding carboxylic acids is 1. The van der Waals surface area contributed by atoms with Gasteiger partial charge in [0.2, 0.25) is 5.91 Å². The Morgan fingerprint density at radius 1 is 1.43 bits per heavy atom. The summed E-state index contributed by atoms with van der Waals surface area (Å²) in [6.45, 7) is 1.92. The molecular weight excluding hydrogens is 311 g/mol. The molecule has 8 heteroatoms. The number of rotatable bonds is 4. The van der Waals surface area contributed by atoms with E-state index in [1.807, 2.05) is 0 Å². The standard InChI is InChI=1S/C15H20F3N3O2/c1-3-23-14-10(7-12(22)20-2)13(15(16,17)18)9-5-4-8(19)6-11(9)21-14/h4-6,10,13-14,21H,3,7,19H2,1-2H3,(H,20,22). The molecule has 0 bridgehead atoms. The van der Waals surface area contributed by atoms with Crippen molar-refractivity contribution in [2.45, 2.75) is 31.7 Å². The predicted molar refractivity (Wildman–Crippen MR) is 80.9 cm³/mol. The number of nitrogen functional groups attached to an aromatic ring is 1. The zero-order valence-corrected chi connectivity index (χ0v) is 12.9. The van der Waals surface area contributed by atoms with Crippen molar-refractivity contribution < 1.29 is 22.7 Å². The molecule has 23 heavy (non-hydrogen) atoms. The molecule has 0 saturated heterocycles. The van der Waals surface area contributed by atoms with Crippen LogP contribution < -0.4 is 16.4 Å². The molecular formula is C15H20F3N3O2. The second kappa shape index (κ2) is 6.66. The first kappa shape index (κ1) is 17.4. The van der Waals surface area contributed by atoms with Crippen LogP contribution in [-0.2, 0) is 9.53 Å². The van der Waals surface area contributed by atoms with Gasteiger partial charge in [0, 0.05) is 37.4 Å². The van der Waals surface area contributed by atoms with Gasteiger partial charge >= 0.3 is 6.18 Å². The smallest absolute Gasteiger partial charge is 0.396 e. The number of nitrogens with one attached hydrogen (secondary N) is 2. The molecule has 0 radical (unpaired) electrons. The molecule has 0 saturated carbocycles. The molecule has 1 aromatic carbocycles. The van der Waals surface area contributed by atoms with Gasteiger partial charge in [-0.3, -0.25) is 4.79 Å². The molecule has 0 aromatic heterocycles. The summed E-state index contributed by atoms with van der Waals surface area (Å²) in [5.41, 5.74) is 6.40. The summed E-state index contributed by atoms with van der Waals surface area (Å²) in [6.07, 6.45) is -5.71. The fourth-order valence-corrected chi connectivity index (χ4v) is 2.94. The van der Waals surface area contributed by atoms with E-state index in [0.717, 1.165) is 0 Å². The van der Waals surface area contributed by atoms with Crippen LogP contribution in [0.2, 0.25) is 0 Å². The first-order valence-electron chi connectivity index (χ1n) is 7.32. The third kappa shape index (κ3) is 3.69. The Bertz CT molecular complexity index is 578. The highest BCUT2D eigenvalue weighted by Crippen LogP contribution is 2.49. The zero-order chi connectivity index (χ0) is 17.2. The second-order valence-corrected chi connectivity index (χ2v) is 5.43. The molecule has 1 heterocycles. The highest BCUT2D eigenvalue weighted by molar-refractivity contribution is 5.76. The van der Waals surface area contributed by atoms with E-state index in [9.17, 15) is 18.0 Å². The van der Waals surface area contributed by atoms with Crippen molar-refractivity contribution >= 4 is 17.3 Å². The lowest BCUT2D eigenvalue weighted by Gasteiger charge is -2.40. The predicted octanol–water partition coefficient (Wildman–Crippen LogP) is 2.46. The Kier molecular flexibility index (Phi) is 5.03. The Morgan fingerprint density at radius 3 is 2.70 bits per heavy atom. The van der Waals surface area contributed by atoms with Crippen molar-refractivity contribution in [1.82, 2.24) is 5.32 Å². The maximum absolute atomic E-state index is 13.7. The number of alkyl halides is 3. The Balaban J connectivity index is 2.50. The van der Waals surface area contributed by atoms with Crippen molar-refractivity contribution in [2.24, 2.45) is 5.92 Å². The molecule has 0 aliphatic carbocycles. The van der Waals surface area contributed by atoms with Crippen molar-refractivity contribution in [3.63, 3.8) is 0 Å². The number of ether oxygens (including phenoxy) is 1. The van der Waals surface area contributed by atoms with Crippen molar-refractivity contribution in [2.75, 3.05) is 24.7 Å². The SMILES string of the molecule is CCOC1Nc2cc(N)ccc2C(C(F)(F)F)C1CC(=O)NC. The number of anilines is 2. The largest absolute Gasteiger partial charge is 0.399 e. The molecule has 1 amide bonds. The van der Waals surface area contributed by atoms with Crippen molar-refractivity contribution in [3.8, 4) is 0 Å². The van der Waals surface area contributed by atoms with E-state index in [0.29, 0.717) is 11.4 Å². The van der Waals surface area contributed by atoms with Gasteiger partial charge in [-0.1, -0.05) is 6.07 Å². The van der Waals surface area contributed by atoms with Gasteiger partial charge in [-0.25, -0.2) is 0 Å². The quantitative estimate of drug-likeness (QED) is 0.741. The summed E-state index contributed by atoms with van der Waals surface area (Å²) in [6, 6.07) is 4.24. The molecule has 3 atom stereocenters. The van der Waals surface area contributed by atoms with Crippen LogP contribution in [0.15, 0.2) is 18.2 Å². The van der Waals surface area contributed by atoms with Crippen LogP contribution in [-0.4, -0.2) is 32.0 Å². The number of benzene rings is 1. The van der Waals surface area contributed by atoms with Gasteiger partial charge in [0.15, 0.2) is 0 Å². The van der Waals surface area contributed by atoms with E-state index in [1.165, 1.54) is 25.2 Å². The third-order valence-electron chi connectivity index (χ3n) is 3.93. The summed E-state index contributed by atoms with van der Waals surface area (Å²) in [4.78, 5) is 11.7. The van der Waals surface area contributed by atoms with Crippen LogP contribution in [0.4, 0.5) is 24.5 Å². The van der Waals surface area contributed by atoms with Crippen LogP contribution in [0.3, 0.4) is 0 Å². The molecule has 5 nitrogen and oxygen atoms in total. The first-order valence-corrected chi connectivity index (χ1v) is 7.32. The van der Waals surface area contributed by atoms with Crippen LogP contribution in [0.5, 0.6) is 0 Å². The minimum absolute atomic E-state index is 0.0801. The van der Waals surface area contributed by atoms with Gasteiger partial charge in [-0.2, -0.15) is 13.2 Å². The normalized spacial score (nSPS) is 23.8. The maximum atomic E-state index is 13.7. The highest BCUT2D eigenvalue weighted by Gasteiger charge is 2.52. The average Bonchev–Trinajstić information content (AvgIpc) is 2.46. The Labute approximate surface area is 132 Å². The van der Waals surface area contributed by atoms with E-state index in [1.54, 1.807) is 6.92 Å². The van der Waals surface area contributed by atoms with Gasteiger partial charge < -0.3 is 21.1 Å². The number of nitrogens with two attached hydrogens (primary N) is 1. The fraction of sp³-hybridized carbons (Fsp3) is 0.533. The molecule has 4 N–H and O–H groups in total. The van der Waals surface area contributed by atoms with Crippen LogP contribution in [0, 0.1) is 5.92 Å². The minimum atomic E-state index is -4.50. The molecule has 3 unspecified atom stereocenters. The molecule has 1 aliphatic rings. The van der Waals surface area contributed by atoms with Crippen LogP contribution in [0.1, 0.15) is 24.8 Å². The number of hydrogen-bond acceptors (Lipinski definition) is 4. The highest BCUT2D eigenvalue weighted by atomic mass is 19.4. The summed E-state index contributed by atoms with van der Waals surface area (Å²) < 4.78 is 46.5. The fourth-order valence-electron chi connectivity index (χ4n) is 2.94. The number of halogens is 3. The van der Waals surface area contributed by atoms with E-state index in [-0.39, 0.29) is 18.6 Å². The minimum Gasteiger partial charge on any atom is -0.399 e. The number of hydrogen-bond donors (Lipinski definition) is 3. The first-order chi connectivity index (χ1) is 10.8. The number of carbonyl (C=O) groups is 1. The number of fused-ring (bicyclic) bond motifs is 1. The third-order valence-corrected chi connectivity index (χ3v) is 3.93. The number of amides is 1. The molecule has 1 aromatic rings. The van der Waals surface area contributed by atoms with Gasteiger partial charge in [0.25, 0.3) is 0 Å². The van der Waals surface area contributed by atoms with E-state index in [4.69, 9.17) is 10.5 Å². The lowest BCUT2D eigenvalue weighted by molar-refractivity contribution is -0.175. The Hall–Kier alpha value is -1.96. The molecule has 1 aliphatic heterocycles. The van der Waals surface area contributed by atoms with E-state index < -0.39 is 30.1 Å². The summed E-state index contributed by atoms with van der Waals surface area (Å²) in [7, 11) is 1.39. The lowest BCUT2D eigenvalue weighted by Crippen LogP contribution is -2.46. The van der Waals surface area contributed by atoms with E-state index >= 15 is 0 Å². The second-order valence-electron chi connectivity index (χ2n) is 5.43. The lowest BCUT2D eigenvalue weighted by atomic mass is 9.78. The molecule has 2 rings (SSSR count). The average molecular weight is 331 g/mol. The summed E-state index contributed by atoms with van der Waals surface area (Å²) >= 11 is 0. The van der Waals surface area contributed by atoms with Crippen LogP contribution >= 0.6 is 0 Å². The molecule has 0 spiro atoms. The maximum Gasteiger partial charge on any atom is 0.396 e. The van der Waals surface area contributed by atoms with E-state index in [2.05, 4.69) is 10.6 Å². The summed E-state index contributed by atoms with van der Waals surface area (Å²) in [5, 5.41) is 5.31. The molecule has 0 fully saturated rings. The van der Waals surface area contributed by atoms with Crippen molar-refractivity contribution in [3.05, 3.63) is 23.8 Å². The molecule has 128 valence electrons. The van der Waals surface area contributed by atoms with Gasteiger partial charge in [0.1, 0.15) is 6.23 Å². The van der Waals surface area contributed by atoms with Gasteiger partial charge in [0.05, 0.1) is 5.92 Å². The Morgan fingerprint density at radius 2 is 2.13 bits per heavy atom. The summed E-state index contributed by atoms with van der Waals surface area (Å²) in [5.74, 6) is -3.33. The zero-order valence-electron chi connectivity index (χ0n) is 12.9. The topological polar surface area (TPSA) is 76.4 Å². The van der Waals surface area contributed by atoms with Crippen molar-refractivity contribution in [1.29, 1.82) is 0 Å². The van der Waals surface area contributed by atoms with Crippen LogP contribution in [0.25, 0.3) is 0 Å². The van der Waals surface area contributed by atoms with Gasteiger partial charge in [-0.05, 0) is 24.6 Å². The monoisotopic (exact) mass is 331 g/mol. The van der Waals surface area contributed by atoms with Gasteiger partial charge in [-0.15, -0.1) is 0 Å².